The van der Waals surface area contributed by atoms with Crippen LogP contribution in [0.1, 0.15) is 19.5 Å². The summed E-state index contributed by atoms with van der Waals surface area (Å²) in [6.45, 7) is 8.99. The van der Waals surface area contributed by atoms with Gasteiger partial charge in [0.2, 0.25) is 0 Å². The second kappa shape index (κ2) is 7.17. The minimum absolute atomic E-state index is 0.0313. The summed E-state index contributed by atoms with van der Waals surface area (Å²) < 4.78 is 1.55. The molecule has 0 radical (unpaired) electrons. The Labute approximate surface area is 119 Å². The third-order valence-corrected chi connectivity index (χ3v) is 3.43. The summed E-state index contributed by atoms with van der Waals surface area (Å²) in [5.41, 5.74) is 1.46. The van der Waals surface area contributed by atoms with Crippen LogP contribution in [0.4, 0.5) is 0 Å². The molecular weight excluding hydrogens is 252 g/mol. The number of hydrogen-bond donors (Lipinski definition) is 1. The smallest absolute Gasteiger partial charge is 0.258 e. The zero-order valence-corrected chi connectivity index (χ0v) is 12.2. The van der Waals surface area contributed by atoms with Crippen molar-refractivity contribution in [3.05, 3.63) is 46.5 Å². The molecule has 5 nitrogen and oxygen atoms in total. The van der Waals surface area contributed by atoms with Crippen molar-refractivity contribution in [2.75, 3.05) is 26.2 Å². The minimum atomic E-state index is -0.0313. The van der Waals surface area contributed by atoms with Crippen LogP contribution in [0, 0.1) is 0 Å². The van der Waals surface area contributed by atoms with Crippen molar-refractivity contribution in [3.8, 4) is 0 Å². The van der Waals surface area contributed by atoms with Gasteiger partial charge in [-0.25, -0.2) is 4.98 Å². The van der Waals surface area contributed by atoms with Gasteiger partial charge in [-0.05, 0) is 25.2 Å². The van der Waals surface area contributed by atoms with E-state index >= 15 is 0 Å². The number of nitrogens with zero attached hydrogens (tertiary/aromatic N) is 3. The number of aromatic nitrogens is 2. The fourth-order valence-electron chi connectivity index (χ4n) is 2.19. The number of rotatable bonds is 7. The van der Waals surface area contributed by atoms with E-state index in [1.807, 2.05) is 18.2 Å². The highest BCUT2D eigenvalue weighted by Crippen LogP contribution is 1.98. The monoisotopic (exact) mass is 274 g/mol. The summed E-state index contributed by atoms with van der Waals surface area (Å²) >= 11 is 0. The third kappa shape index (κ3) is 3.65. The highest BCUT2D eigenvalue weighted by atomic mass is 16.1. The Morgan fingerprint density at radius 3 is 2.85 bits per heavy atom. The molecule has 108 valence electrons. The second-order valence-electron chi connectivity index (χ2n) is 4.72. The SMILES string of the molecule is CCN(CC)CCNCc1cc(=O)n2ccccc2n1. The van der Waals surface area contributed by atoms with Gasteiger partial charge in [-0.2, -0.15) is 0 Å². The van der Waals surface area contributed by atoms with Gasteiger partial charge in [0.1, 0.15) is 5.65 Å². The molecule has 5 heteroatoms. The fourth-order valence-corrected chi connectivity index (χ4v) is 2.19. The average molecular weight is 274 g/mol. The minimum Gasteiger partial charge on any atom is -0.310 e. The van der Waals surface area contributed by atoms with Crippen LogP contribution in [0.25, 0.3) is 5.65 Å². The quantitative estimate of drug-likeness (QED) is 0.769. The molecule has 0 spiro atoms. The van der Waals surface area contributed by atoms with Crippen molar-refractivity contribution in [1.82, 2.24) is 19.6 Å². The Bertz CT molecular complexity index is 604. The molecule has 0 aliphatic carbocycles. The topological polar surface area (TPSA) is 49.6 Å². The Morgan fingerprint density at radius 1 is 1.30 bits per heavy atom. The molecule has 2 aromatic rings. The summed E-state index contributed by atoms with van der Waals surface area (Å²) in [5.74, 6) is 0. The van der Waals surface area contributed by atoms with Gasteiger partial charge >= 0.3 is 0 Å². The van der Waals surface area contributed by atoms with Crippen LogP contribution in [0.5, 0.6) is 0 Å². The molecule has 2 aromatic heterocycles. The molecule has 0 aliphatic heterocycles. The van der Waals surface area contributed by atoms with Crippen LogP contribution in [-0.2, 0) is 6.54 Å². The molecule has 2 rings (SSSR count). The number of nitrogens with one attached hydrogen (secondary N) is 1. The molecule has 1 N–H and O–H groups in total. The normalized spacial score (nSPS) is 11.3. The van der Waals surface area contributed by atoms with Gasteiger partial charge in [-0.1, -0.05) is 19.9 Å². The van der Waals surface area contributed by atoms with Crippen LogP contribution in [0.3, 0.4) is 0 Å². The molecule has 0 aromatic carbocycles. The molecule has 0 aliphatic rings. The van der Waals surface area contributed by atoms with Crippen molar-refractivity contribution in [3.63, 3.8) is 0 Å². The number of fused-ring (bicyclic) bond motifs is 1. The lowest BCUT2D eigenvalue weighted by Crippen LogP contribution is -2.32. The van der Waals surface area contributed by atoms with E-state index in [2.05, 4.69) is 29.0 Å². The highest BCUT2D eigenvalue weighted by Gasteiger charge is 2.02. The summed E-state index contributed by atoms with van der Waals surface area (Å²) in [7, 11) is 0. The van der Waals surface area contributed by atoms with Crippen molar-refractivity contribution in [1.29, 1.82) is 0 Å². The van der Waals surface area contributed by atoms with Crippen LogP contribution in [-0.4, -0.2) is 40.5 Å². The maximum Gasteiger partial charge on any atom is 0.258 e. The largest absolute Gasteiger partial charge is 0.310 e. The summed E-state index contributed by atoms with van der Waals surface area (Å²) in [4.78, 5) is 18.8. The van der Waals surface area contributed by atoms with Crippen molar-refractivity contribution in [2.24, 2.45) is 0 Å². The number of likely N-dealkylation sites (N-methyl/N-ethyl adjacent to an activating group) is 1. The van der Waals surface area contributed by atoms with Crippen molar-refractivity contribution < 1.29 is 0 Å². The predicted molar refractivity (Wildman–Crippen MR) is 81.0 cm³/mol. The van der Waals surface area contributed by atoms with Gasteiger partial charge in [-0.3, -0.25) is 9.20 Å². The maximum atomic E-state index is 11.9. The molecule has 0 saturated heterocycles. The Kier molecular flexibility index (Phi) is 5.26. The molecule has 20 heavy (non-hydrogen) atoms. The zero-order chi connectivity index (χ0) is 14.4. The van der Waals surface area contributed by atoms with Gasteiger partial charge in [0.25, 0.3) is 5.56 Å². The second-order valence-corrected chi connectivity index (χ2v) is 4.72. The molecule has 0 bridgehead atoms. The number of hydrogen-bond acceptors (Lipinski definition) is 4. The van der Waals surface area contributed by atoms with E-state index < -0.39 is 0 Å². The first-order valence-electron chi connectivity index (χ1n) is 7.15. The average Bonchev–Trinajstić information content (AvgIpc) is 2.47. The van der Waals surface area contributed by atoms with Crippen molar-refractivity contribution in [2.45, 2.75) is 20.4 Å². The summed E-state index contributed by atoms with van der Waals surface area (Å²) in [5, 5.41) is 3.34. The molecular formula is C15H22N4O. The van der Waals surface area contributed by atoms with E-state index in [0.717, 1.165) is 31.9 Å². The highest BCUT2D eigenvalue weighted by molar-refractivity contribution is 5.37. The Morgan fingerprint density at radius 2 is 2.10 bits per heavy atom. The van der Waals surface area contributed by atoms with Crippen LogP contribution < -0.4 is 10.9 Å². The Balaban J connectivity index is 1.95. The van der Waals surface area contributed by atoms with Gasteiger partial charge in [-0.15, -0.1) is 0 Å². The number of pyridine rings is 1. The molecule has 2 heterocycles. The van der Waals surface area contributed by atoms with E-state index in [0.29, 0.717) is 12.2 Å². The zero-order valence-electron chi connectivity index (χ0n) is 12.2. The van der Waals surface area contributed by atoms with Crippen LogP contribution in [0.2, 0.25) is 0 Å². The Hall–Kier alpha value is -1.72. The van der Waals surface area contributed by atoms with E-state index in [1.165, 1.54) is 0 Å². The first kappa shape index (κ1) is 14.7. The van der Waals surface area contributed by atoms with E-state index in [1.54, 1.807) is 16.7 Å². The van der Waals surface area contributed by atoms with E-state index in [4.69, 9.17) is 0 Å². The van der Waals surface area contributed by atoms with Crippen LogP contribution in [0.15, 0.2) is 35.3 Å². The standard InChI is InChI=1S/C15H22N4O/c1-3-18(4-2)10-8-16-12-13-11-15(20)19-9-6-5-7-14(19)17-13/h5-7,9,11,16H,3-4,8,10,12H2,1-2H3. The van der Waals surface area contributed by atoms with Gasteiger partial charge < -0.3 is 10.2 Å². The summed E-state index contributed by atoms with van der Waals surface area (Å²) in [6, 6.07) is 7.16. The lowest BCUT2D eigenvalue weighted by Gasteiger charge is -2.17. The predicted octanol–water partition coefficient (Wildman–Crippen LogP) is 1.13. The molecule has 0 atom stereocenters. The molecule has 0 fully saturated rings. The van der Waals surface area contributed by atoms with Crippen molar-refractivity contribution >= 4 is 5.65 Å². The molecule has 0 amide bonds. The third-order valence-electron chi connectivity index (χ3n) is 3.43. The molecule has 0 saturated carbocycles. The van der Waals surface area contributed by atoms with Gasteiger partial charge in [0.15, 0.2) is 0 Å². The summed E-state index contributed by atoms with van der Waals surface area (Å²) in [6.07, 6.45) is 1.74. The lowest BCUT2D eigenvalue weighted by molar-refractivity contribution is 0.302. The molecule has 0 unspecified atom stereocenters. The fraction of sp³-hybridized carbons (Fsp3) is 0.467. The first-order valence-corrected chi connectivity index (χ1v) is 7.15. The maximum absolute atomic E-state index is 11.9. The van der Waals surface area contributed by atoms with Gasteiger partial charge in [0.05, 0.1) is 5.69 Å². The van der Waals surface area contributed by atoms with Gasteiger partial charge in [0, 0.05) is 31.9 Å². The van der Waals surface area contributed by atoms with Crippen LogP contribution >= 0.6 is 0 Å². The first-order chi connectivity index (χ1) is 9.74. The van der Waals surface area contributed by atoms with E-state index in [9.17, 15) is 4.79 Å². The lowest BCUT2D eigenvalue weighted by atomic mass is 10.3. The van der Waals surface area contributed by atoms with E-state index in [-0.39, 0.29) is 5.56 Å².